The molecular weight excluding hydrogens is 300 g/mol. The Hall–Kier alpha value is -1.24. The highest BCUT2D eigenvalue weighted by Crippen LogP contribution is 2.49. The number of hydrogen-bond acceptors (Lipinski definition) is 4. The molecule has 0 aromatic carbocycles. The van der Waals surface area contributed by atoms with Gasteiger partial charge in [0.2, 0.25) is 12.2 Å². The number of nitrogens with zero attached hydrogens (tertiary/aromatic N) is 2. The second kappa shape index (κ2) is 11.3. The lowest BCUT2D eigenvalue weighted by Gasteiger charge is -2.46. The molecule has 0 heterocycles. The molecule has 0 aliphatic heterocycles. The van der Waals surface area contributed by atoms with E-state index in [2.05, 4.69) is 30.8 Å². The quantitative estimate of drug-likeness (QED) is 0.366. The van der Waals surface area contributed by atoms with Crippen molar-refractivity contribution >= 4 is 12.2 Å². The lowest BCUT2D eigenvalue weighted by atomic mass is 9.64. The van der Waals surface area contributed by atoms with E-state index in [0.717, 1.165) is 51.4 Å². The van der Waals surface area contributed by atoms with Crippen molar-refractivity contribution in [3.63, 3.8) is 0 Å². The Balaban J connectivity index is 3.16. The molecule has 2 unspecified atom stereocenters. The highest BCUT2D eigenvalue weighted by Gasteiger charge is 2.50. The van der Waals surface area contributed by atoms with Crippen LogP contribution < -0.4 is 0 Å². The summed E-state index contributed by atoms with van der Waals surface area (Å²) in [5.41, 5.74) is -0.906. The normalized spacial score (nSPS) is 29.5. The highest BCUT2D eigenvalue weighted by atomic mass is 16.1. The predicted octanol–water partition coefficient (Wildman–Crippen LogP) is 5.57. The highest BCUT2D eigenvalue weighted by molar-refractivity contribution is 5.40. The van der Waals surface area contributed by atoms with Gasteiger partial charge in [0, 0.05) is 11.8 Å². The fourth-order valence-electron chi connectivity index (χ4n) is 4.41. The van der Waals surface area contributed by atoms with E-state index in [-0.39, 0.29) is 11.8 Å². The van der Waals surface area contributed by atoms with Crippen LogP contribution in [0, 0.1) is 17.8 Å². The van der Waals surface area contributed by atoms with Crippen molar-refractivity contribution in [2.24, 2.45) is 27.7 Å². The van der Waals surface area contributed by atoms with E-state index < -0.39 is 5.66 Å². The van der Waals surface area contributed by atoms with Crippen LogP contribution in [0.15, 0.2) is 9.98 Å². The van der Waals surface area contributed by atoms with Gasteiger partial charge in [-0.1, -0.05) is 65.7 Å². The summed E-state index contributed by atoms with van der Waals surface area (Å²) in [5.74, 6) is 0.987. The van der Waals surface area contributed by atoms with Crippen molar-refractivity contribution in [3.05, 3.63) is 0 Å². The van der Waals surface area contributed by atoms with E-state index in [4.69, 9.17) is 0 Å². The van der Waals surface area contributed by atoms with Gasteiger partial charge in [-0.15, -0.1) is 0 Å². The third kappa shape index (κ3) is 5.40. The van der Waals surface area contributed by atoms with Gasteiger partial charge in [0.25, 0.3) is 0 Å². The largest absolute Gasteiger partial charge is 0.237 e. The van der Waals surface area contributed by atoms with Crippen molar-refractivity contribution < 1.29 is 9.59 Å². The van der Waals surface area contributed by atoms with Crippen LogP contribution in [0.4, 0.5) is 0 Å². The predicted molar refractivity (Wildman–Crippen MR) is 97.3 cm³/mol. The number of carbonyl (C=O) groups excluding carboxylic acids is 2. The fourth-order valence-corrected chi connectivity index (χ4v) is 4.41. The minimum atomic E-state index is -0.906. The SMILES string of the molecule is CCCCC1CC(CCCC)C(N=C=O)(N=C=O)C(CCCC)C1. The maximum absolute atomic E-state index is 11.2. The lowest BCUT2D eigenvalue weighted by molar-refractivity contribution is 0.0613. The first-order chi connectivity index (χ1) is 11.7. The first kappa shape index (κ1) is 20.8. The summed E-state index contributed by atoms with van der Waals surface area (Å²) < 4.78 is 0. The van der Waals surface area contributed by atoms with Gasteiger partial charge in [0.1, 0.15) is 0 Å². The number of hydrogen-bond donors (Lipinski definition) is 0. The van der Waals surface area contributed by atoms with Gasteiger partial charge in [-0.2, -0.15) is 9.98 Å². The molecule has 0 aromatic heterocycles. The number of rotatable bonds is 11. The van der Waals surface area contributed by atoms with Gasteiger partial charge in [-0.05, 0) is 31.6 Å². The smallest absolute Gasteiger partial charge is 0.211 e. The molecule has 1 fully saturated rings. The number of aliphatic imine (C=N–C) groups is 2. The van der Waals surface area contributed by atoms with Crippen LogP contribution >= 0.6 is 0 Å². The molecule has 24 heavy (non-hydrogen) atoms. The first-order valence-corrected chi connectivity index (χ1v) is 9.86. The lowest BCUT2D eigenvalue weighted by Crippen LogP contribution is -2.47. The van der Waals surface area contributed by atoms with Crippen molar-refractivity contribution in [1.29, 1.82) is 0 Å². The van der Waals surface area contributed by atoms with Crippen molar-refractivity contribution in [3.8, 4) is 0 Å². The molecule has 136 valence electrons. The fraction of sp³-hybridized carbons (Fsp3) is 0.900. The standard InChI is InChI=1S/C20H34N2O2/c1-4-7-10-17-13-18(11-8-5-2)20(21-15-23,22-16-24)19(14-17)12-9-6-3/h17-19H,4-14H2,1-3H3. The average Bonchev–Trinajstić information content (AvgIpc) is 2.58. The Morgan fingerprint density at radius 1 is 0.792 bits per heavy atom. The monoisotopic (exact) mass is 334 g/mol. The van der Waals surface area contributed by atoms with Gasteiger partial charge in [0.05, 0.1) is 0 Å². The summed E-state index contributed by atoms with van der Waals surface area (Å²) in [6.07, 6.45) is 15.5. The third-order valence-corrected chi connectivity index (χ3v) is 5.67. The third-order valence-electron chi connectivity index (χ3n) is 5.67. The van der Waals surface area contributed by atoms with Crippen LogP contribution in [-0.2, 0) is 9.59 Å². The Bertz CT molecular complexity index is 413. The van der Waals surface area contributed by atoms with Gasteiger partial charge in [-0.3, -0.25) is 0 Å². The van der Waals surface area contributed by atoms with Crippen molar-refractivity contribution in [1.82, 2.24) is 0 Å². The van der Waals surface area contributed by atoms with Crippen LogP contribution in [-0.4, -0.2) is 17.8 Å². The van der Waals surface area contributed by atoms with E-state index in [1.807, 2.05) is 0 Å². The molecule has 1 aliphatic rings. The van der Waals surface area contributed by atoms with Crippen LogP contribution in [0.5, 0.6) is 0 Å². The van der Waals surface area contributed by atoms with E-state index in [0.29, 0.717) is 5.92 Å². The zero-order valence-corrected chi connectivity index (χ0v) is 15.7. The second-order valence-corrected chi connectivity index (χ2v) is 7.35. The molecular formula is C20H34N2O2. The van der Waals surface area contributed by atoms with E-state index in [9.17, 15) is 9.59 Å². The summed E-state index contributed by atoms with van der Waals surface area (Å²) in [4.78, 5) is 30.6. The van der Waals surface area contributed by atoms with Gasteiger partial charge < -0.3 is 0 Å². The molecule has 4 heteroatoms. The van der Waals surface area contributed by atoms with E-state index in [1.54, 1.807) is 12.2 Å². The molecule has 2 atom stereocenters. The maximum Gasteiger partial charge on any atom is 0.237 e. The Morgan fingerprint density at radius 3 is 1.58 bits per heavy atom. The minimum Gasteiger partial charge on any atom is -0.211 e. The first-order valence-electron chi connectivity index (χ1n) is 9.86. The molecule has 0 spiro atoms. The van der Waals surface area contributed by atoms with E-state index in [1.165, 1.54) is 19.3 Å². The van der Waals surface area contributed by atoms with Crippen molar-refractivity contribution in [2.75, 3.05) is 0 Å². The Labute approximate surface area is 147 Å². The topological polar surface area (TPSA) is 58.9 Å². The summed E-state index contributed by atoms with van der Waals surface area (Å²) in [6, 6.07) is 0. The molecule has 0 N–H and O–H groups in total. The minimum absolute atomic E-state index is 0.165. The average molecular weight is 335 g/mol. The summed E-state index contributed by atoms with van der Waals surface area (Å²) in [6.45, 7) is 6.56. The molecule has 0 saturated heterocycles. The number of unbranched alkanes of at least 4 members (excludes halogenated alkanes) is 3. The van der Waals surface area contributed by atoms with Gasteiger partial charge in [-0.25, -0.2) is 9.59 Å². The number of isocyanates is 2. The molecule has 1 rings (SSSR count). The van der Waals surface area contributed by atoms with Crippen molar-refractivity contribution in [2.45, 2.75) is 97.1 Å². The zero-order valence-electron chi connectivity index (χ0n) is 15.7. The summed E-state index contributed by atoms with van der Waals surface area (Å²) in [7, 11) is 0. The molecule has 0 amide bonds. The Kier molecular flexibility index (Phi) is 9.83. The summed E-state index contributed by atoms with van der Waals surface area (Å²) in [5, 5.41) is 0. The molecule has 4 nitrogen and oxygen atoms in total. The second-order valence-electron chi connectivity index (χ2n) is 7.35. The molecule has 0 bridgehead atoms. The zero-order chi connectivity index (χ0) is 17.8. The van der Waals surface area contributed by atoms with E-state index >= 15 is 0 Å². The summed E-state index contributed by atoms with van der Waals surface area (Å²) >= 11 is 0. The van der Waals surface area contributed by atoms with Gasteiger partial charge >= 0.3 is 0 Å². The van der Waals surface area contributed by atoms with Crippen LogP contribution in [0.2, 0.25) is 0 Å². The Morgan fingerprint density at radius 2 is 1.21 bits per heavy atom. The molecule has 0 radical (unpaired) electrons. The van der Waals surface area contributed by atoms with Gasteiger partial charge in [0.15, 0.2) is 5.66 Å². The van der Waals surface area contributed by atoms with Crippen LogP contribution in [0.3, 0.4) is 0 Å². The molecule has 0 aromatic rings. The van der Waals surface area contributed by atoms with Crippen LogP contribution in [0.25, 0.3) is 0 Å². The maximum atomic E-state index is 11.2. The molecule has 1 saturated carbocycles. The van der Waals surface area contributed by atoms with Crippen LogP contribution in [0.1, 0.15) is 91.4 Å². The molecule has 1 aliphatic carbocycles.